The monoisotopic (exact) mass is 312 g/mol. The number of unbranched alkanes of at least 4 members (excludes halogenated alkanes) is 1. The third-order valence-corrected chi connectivity index (χ3v) is 8.45. The summed E-state index contributed by atoms with van der Waals surface area (Å²) >= 11 is 0. The van der Waals surface area contributed by atoms with E-state index in [-0.39, 0.29) is 19.1 Å². The quantitative estimate of drug-likeness (QED) is 0.302. The molecule has 0 aromatic carbocycles. The van der Waals surface area contributed by atoms with Gasteiger partial charge < -0.3 is 13.6 Å². The van der Waals surface area contributed by atoms with Crippen molar-refractivity contribution >= 4 is 15.0 Å². The zero-order valence-electron chi connectivity index (χ0n) is 12.2. The Morgan fingerprint density at radius 1 is 1.00 bits per heavy atom. The Morgan fingerprint density at radius 3 is 1.95 bits per heavy atom. The molecule has 0 fully saturated rings. The molecule has 0 rings (SSSR count). The van der Waals surface area contributed by atoms with Crippen LogP contribution < -0.4 is 0 Å². The molecular formula is C12H26O5P2. The van der Waals surface area contributed by atoms with Crippen LogP contribution in [0.4, 0.5) is 0 Å². The Morgan fingerprint density at radius 2 is 1.53 bits per heavy atom. The van der Waals surface area contributed by atoms with Gasteiger partial charge >= 0.3 is 7.60 Å². The molecule has 0 bridgehead atoms. The molecule has 7 heteroatoms. The highest BCUT2D eigenvalue weighted by molar-refractivity contribution is 7.73. The van der Waals surface area contributed by atoms with Crippen LogP contribution in [0.15, 0.2) is 12.7 Å². The van der Waals surface area contributed by atoms with Gasteiger partial charge in [-0.25, -0.2) is 0 Å². The molecule has 0 saturated heterocycles. The lowest BCUT2D eigenvalue weighted by molar-refractivity contribution is 0.222. The molecule has 0 amide bonds. The first-order valence-corrected chi connectivity index (χ1v) is 10.4. The van der Waals surface area contributed by atoms with Crippen LogP contribution in [-0.4, -0.2) is 31.9 Å². The van der Waals surface area contributed by atoms with E-state index in [1.54, 1.807) is 26.8 Å². The summed E-state index contributed by atoms with van der Waals surface area (Å²) in [6, 6.07) is 0. The number of allylic oxidation sites excluding steroid dienone is 1. The Balaban J connectivity index is 4.80. The van der Waals surface area contributed by atoms with E-state index in [1.807, 2.05) is 0 Å². The number of hydrogen-bond donors (Lipinski definition) is 0. The van der Waals surface area contributed by atoms with Gasteiger partial charge in [0.15, 0.2) is 0 Å². The van der Waals surface area contributed by atoms with Gasteiger partial charge in [0.25, 0.3) is 0 Å². The van der Waals surface area contributed by atoms with Crippen molar-refractivity contribution in [3.05, 3.63) is 12.7 Å². The van der Waals surface area contributed by atoms with Gasteiger partial charge in [0.1, 0.15) is 5.90 Å². The SMILES string of the molecule is C=CCCCP(=O)(CP(=O)(OCC)OCC)OCC. The highest BCUT2D eigenvalue weighted by Gasteiger charge is 2.36. The Hall–Kier alpha value is 0.0800. The molecule has 0 spiro atoms. The van der Waals surface area contributed by atoms with E-state index in [2.05, 4.69) is 6.58 Å². The van der Waals surface area contributed by atoms with Crippen LogP contribution in [0.1, 0.15) is 33.6 Å². The average molecular weight is 312 g/mol. The molecule has 5 nitrogen and oxygen atoms in total. The predicted octanol–water partition coefficient (Wildman–Crippen LogP) is 4.49. The van der Waals surface area contributed by atoms with E-state index in [4.69, 9.17) is 13.6 Å². The molecule has 0 aromatic heterocycles. The first-order valence-electron chi connectivity index (χ1n) is 6.67. The summed E-state index contributed by atoms with van der Waals surface area (Å²) in [5, 5.41) is 0. The zero-order chi connectivity index (χ0) is 14.8. The number of hydrogen-bond acceptors (Lipinski definition) is 5. The van der Waals surface area contributed by atoms with Gasteiger partial charge in [-0.05, 0) is 33.6 Å². The molecule has 0 saturated carbocycles. The van der Waals surface area contributed by atoms with E-state index in [9.17, 15) is 9.13 Å². The minimum atomic E-state index is -3.33. The van der Waals surface area contributed by atoms with Gasteiger partial charge in [-0.1, -0.05) is 6.08 Å². The molecule has 1 atom stereocenters. The van der Waals surface area contributed by atoms with Gasteiger partial charge in [0.05, 0.1) is 19.8 Å². The largest absolute Gasteiger partial charge is 0.340 e. The van der Waals surface area contributed by atoms with Gasteiger partial charge in [-0.15, -0.1) is 6.58 Å². The molecule has 0 N–H and O–H groups in total. The molecule has 0 aliphatic rings. The second-order valence-corrected chi connectivity index (χ2v) is 9.18. The second kappa shape index (κ2) is 9.90. The van der Waals surface area contributed by atoms with Crippen LogP contribution in [0.5, 0.6) is 0 Å². The Labute approximate surface area is 116 Å². The average Bonchev–Trinajstić information content (AvgIpc) is 2.29. The van der Waals surface area contributed by atoms with E-state index < -0.39 is 15.0 Å². The van der Waals surface area contributed by atoms with E-state index >= 15 is 0 Å². The normalized spacial score (nSPS) is 15.1. The van der Waals surface area contributed by atoms with Gasteiger partial charge in [0, 0.05) is 6.16 Å². The summed E-state index contributed by atoms with van der Waals surface area (Å²) < 4.78 is 40.8. The smallest absolute Gasteiger partial charge is 0.328 e. The fraction of sp³-hybridized carbons (Fsp3) is 0.833. The van der Waals surface area contributed by atoms with E-state index in [1.165, 1.54) is 0 Å². The van der Waals surface area contributed by atoms with Gasteiger partial charge in [0.2, 0.25) is 7.37 Å². The van der Waals surface area contributed by atoms with E-state index in [0.717, 1.165) is 6.42 Å². The standard InChI is InChI=1S/C12H26O5P2/c1-5-9-10-11-18(13,15-6-2)12-19(14,16-7-3)17-8-4/h5H,1,6-12H2,2-4H3. The van der Waals surface area contributed by atoms with Crippen LogP contribution in [0.25, 0.3) is 0 Å². The lowest BCUT2D eigenvalue weighted by atomic mass is 10.3. The highest BCUT2D eigenvalue weighted by atomic mass is 31.2. The highest BCUT2D eigenvalue weighted by Crippen LogP contribution is 2.63. The fourth-order valence-corrected chi connectivity index (χ4v) is 7.45. The summed E-state index contributed by atoms with van der Waals surface area (Å²) in [5.74, 6) is -0.146. The van der Waals surface area contributed by atoms with Crippen molar-refractivity contribution in [1.82, 2.24) is 0 Å². The van der Waals surface area contributed by atoms with Crippen molar-refractivity contribution in [2.45, 2.75) is 33.6 Å². The van der Waals surface area contributed by atoms with Crippen molar-refractivity contribution in [3.8, 4) is 0 Å². The summed E-state index contributed by atoms with van der Waals surface area (Å²) in [4.78, 5) is 0. The van der Waals surface area contributed by atoms with Crippen molar-refractivity contribution < 1.29 is 22.7 Å². The van der Waals surface area contributed by atoms with Crippen LogP contribution >= 0.6 is 15.0 Å². The summed E-state index contributed by atoms with van der Waals surface area (Å²) in [5.41, 5.74) is 0. The summed E-state index contributed by atoms with van der Waals surface area (Å²) in [6.45, 7) is 9.70. The molecular weight excluding hydrogens is 286 g/mol. The minimum absolute atomic E-state index is 0.146. The van der Waals surface area contributed by atoms with Gasteiger partial charge in [-0.3, -0.25) is 9.13 Å². The molecule has 0 radical (unpaired) electrons. The lowest BCUT2D eigenvalue weighted by Gasteiger charge is -2.23. The first kappa shape index (κ1) is 19.1. The van der Waals surface area contributed by atoms with E-state index in [0.29, 0.717) is 19.2 Å². The van der Waals surface area contributed by atoms with Crippen molar-refractivity contribution in [2.24, 2.45) is 0 Å². The maximum atomic E-state index is 12.7. The molecule has 19 heavy (non-hydrogen) atoms. The third-order valence-electron chi connectivity index (χ3n) is 2.31. The topological polar surface area (TPSA) is 61.8 Å². The van der Waals surface area contributed by atoms with Crippen molar-refractivity contribution in [3.63, 3.8) is 0 Å². The van der Waals surface area contributed by atoms with Crippen LogP contribution in [0.2, 0.25) is 0 Å². The number of rotatable bonds is 12. The Bertz CT molecular complexity index is 333. The maximum Gasteiger partial charge on any atom is 0.340 e. The van der Waals surface area contributed by atoms with Crippen molar-refractivity contribution in [1.29, 1.82) is 0 Å². The predicted molar refractivity (Wildman–Crippen MR) is 79.3 cm³/mol. The van der Waals surface area contributed by atoms with Crippen LogP contribution in [0, 0.1) is 0 Å². The molecule has 0 aliphatic heterocycles. The molecule has 114 valence electrons. The fourth-order valence-electron chi connectivity index (χ4n) is 1.66. The van der Waals surface area contributed by atoms with Crippen molar-refractivity contribution in [2.75, 3.05) is 31.9 Å². The first-order chi connectivity index (χ1) is 8.95. The molecule has 0 aliphatic carbocycles. The minimum Gasteiger partial charge on any atom is -0.328 e. The molecule has 1 unspecified atom stereocenters. The summed E-state index contributed by atoms with van der Waals surface area (Å²) in [6.07, 6.45) is 3.58. The molecule has 0 aromatic rings. The Kier molecular flexibility index (Phi) is 9.94. The van der Waals surface area contributed by atoms with Crippen LogP contribution in [-0.2, 0) is 22.7 Å². The molecule has 0 heterocycles. The van der Waals surface area contributed by atoms with Crippen LogP contribution in [0.3, 0.4) is 0 Å². The third kappa shape index (κ3) is 8.06. The second-order valence-electron chi connectivity index (χ2n) is 3.97. The van der Waals surface area contributed by atoms with Gasteiger partial charge in [-0.2, -0.15) is 0 Å². The summed E-state index contributed by atoms with van der Waals surface area (Å²) in [7, 11) is -6.32. The lowest BCUT2D eigenvalue weighted by Crippen LogP contribution is -2.06. The maximum absolute atomic E-state index is 12.7. The zero-order valence-corrected chi connectivity index (χ0v) is 14.0.